The molecule has 2 aromatic rings. The minimum Gasteiger partial charge on any atom is -0.491 e. The van der Waals surface area contributed by atoms with Crippen molar-refractivity contribution < 1.29 is 9.13 Å². The maximum atomic E-state index is 12.9. The molecule has 21 heavy (non-hydrogen) atoms. The molecule has 1 aromatic carbocycles. The highest BCUT2D eigenvalue weighted by Crippen LogP contribution is 2.31. The summed E-state index contributed by atoms with van der Waals surface area (Å²) in [7, 11) is 0. The van der Waals surface area contributed by atoms with E-state index in [1.165, 1.54) is 12.1 Å². The standard InChI is InChI=1S/C16H16BrFN2O/c17-15-10-19-8-7-16(15)20-9-1-2-13(20)11-21-14-5-3-12(18)4-6-14/h3-8,10,13H,1-2,9,11H2/t13-/m0/s1. The molecule has 1 aliphatic rings. The number of benzene rings is 1. The predicted molar refractivity (Wildman–Crippen MR) is 84.2 cm³/mol. The molecule has 0 aliphatic carbocycles. The van der Waals surface area contributed by atoms with Gasteiger partial charge in [0, 0.05) is 18.9 Å². The molecule has 5 heteroatoms. The summed E-state index contributed by atoms with van der Waals surface area (Å²) in [4.78, 5) is 6.45. The second-order valence-corrected chi connectivity index (χ2v) is 5.94. The molecule has 0 amide bonds. The van der Waals surface area contributed by atoms with Crippen molar-refractivity contribution >= 4 is 21.6 Å². The van der Waals surface area contributed by atoms with Crippen LogP contribution in [0.2, 0.25) is 0 Å². The van der Waals surface area contributed by atoms with E-state index in [-0.39, 0.29) is 5.82 Å². The van der Waals surface area contributed by atoms with E-state index in [9.17, 15) is 4.39 Å². The van der Waals surface area contributed by atoms with Gasteiger partial charge in [-0.15, -0.1) is 0 Å². The summed E-state index contributed by atoms with van der Waals surface area (Å²) in [6.45, 7) is 1.61. The van der Waals surface area contributed by atoms with Crippen LogP contribution >= 0.6 is 15.9 Å². The first-order valence-corrected chi connectivity index (χ1v) is 7.78. The predicted octanol–water partition coefficient (Wildman–Crippen LogP) is 4.03. The third kappa shape index (κ3) is 3.35. The topological polar surface area (TPSA) is 25.4 Å². The van der Waals surface area contributed by atoms with E-state index in [1.54, 1.807) is 18.3 Å². The van der Waals surface area contributed by atoms with Gasteiger partial charge >= 0.3 is 0 Å². The van der Waals surface area contributed by atoms with Gasteiger partial charge in [-0.25, -0.2) is 4.39 Å². The number of aromatic nitrogens is 1. The number of hydrogen-bond acceptors (Lipinski definition) is 3. The van der Waals surface area contributed by atoms with Gasteiger partial charge in [-0.1, -0.05) is 0 Å². The van der Waals surface area contributed by atoms with Crippen LogP contribution in [0.4, 0.5) is 10.1 Å². The highest BCUT2D eigenvalue weighted by Gasteiger charge is 2.26. The minimum absolute atomic E-state index is 0.245. The number of nitrogens with zero attached hydrogens (tertiary/aromatic N) is 2. The summed E-state index contributed by atoms with van der Waals surface area (Å²) in [5, 5.41) is 0. The zero-order valence-corrected chi connectivity index (χ0v) is 13.1. The first-order chi connectivity index (χ1) is 10.2. The molecule has 3 nitrogen and oxygen atoms in total. The Hall–Kier alpha value is -1.62. The molecule has 3 rings (SSSR count). The Morgan fingerprint density at radius 1 is 1.29 bits per heavy atom. The lowest BCUT2D eigenvalue weighted by atomic mass is 10.2. The normalized spacial score (nSPS) is 18.0. The van der Waals surface area contributed by atoms with Crippen molar-refractivity contribution in [2.24, 2.45) is 0 Å². The summed E-state index contributed by atoms with van der Waals surface area (Å²) in [6, 6.07) is 8.50. The van der Waals surface area contributed by atoms with Crippen LogP contribution in [0.1, 0.15) is 12.8 Å². The van der Waals surface area contributed by atoms with Crippen molar-refractivity contribution in [2.45, 2.75) is 18.9 Å². The molecular formula is C16H16BrFN2O. The van der Waals surface area contributed by atoms with Gasteiger partial charge in [-0.3, -0.25) is 4.98 Å². The lowest BCUT2D eigenvalue weighted by Crippen LogP contribution is -2.34. The van der Waals surface area contributed by atoms with Crippen LogP contribution in [0.25, 0.3) is 0 Å². The monoisotopic (exact) mass is 350 g/mol. The van der Waals surface area contributed by atoms with Crippen molar-refractivity contribution in [3.63, 3.8) is 0 Å². The largest absolute Gasteiger partial charge is 0.491 e. The average Bonchev–Trinajstić information content (AvgIpc) is 2.95. The third-order valence-corrected chi connectivity index (χ3v) is 4.30. The summed E-state index contributed by atoms with van der Waals surface area (Å²) in [6.07, 6.45) is 5.85. The van der Waals surface area contributed by atoms with Crippen LogP contribution in [-0.2, 0) is 0 Å². The molecule has 1 saturated heterocycles. The Morgan fingerprint density at radius 2 is 2.10 bits per heavy atom. The maximum absolute atomic E-state index is 12.9. The fourth-order valence-corrected chi connectivity index (χ4v) is 3.13. The van der Waals surface area contributed by atoms with Gasteiger partial charge in [0.15, 0.2) is 0 Å². The van der Waals surface area contributed by atoms with E-state index in [0.29, 0.717) is 18.4 Å². The molecule has 1 fully saturated rings. The van der Waals surface area contributed by atoms with Gasteiger partial charge in [0.25, 0.3) is 0 Å². The van der Waals surface area contributed by atoms with Crippen molar-refractivity contribution in [1.29, 1.82) is 0 Å². The Kier molecular flexibility index (Phi) is 4.39. The summed E-state index contributed by atoms with van der Waals surface area (Å²) < 4.78 is 19.7. The van der Waals surface area contributed by atoms with Crippen LogP contribution in [-0.4, -0.2) is 24.2 Å². The van der Waals surface area contributed by atoms with Crippen molar-refractivity contribution in [3.8, 4) is 5.75 Å². The zero-order valence-electron chi connectivity index (χ0n) is 11.5. The Bertz CT molecular complexity index is 605. The molecule has 0 saturated carbocycles. The van der Waals surface area contributed by atoms with E-state index < -0.39 is 0 Å². The Balaban J connectivity index is 1.67. The van der Waals surface area contributed by atoms with Gasteiger partial charge in [-0.2, -0.15) is 0 Å². The molecule has 0 bridgehead atoms. The summed E-state index contributed by atoms with van der Waals surface area (Å²) >= 11 is 3.55. The van der Waals surface area contributed by atoms with E-state index >= 15 is 0 Å². The molecule has 0 unspecified atom stereocenters. The number of halogens is 2. The zero-order chi connectivity index (χ0) is 14.7. The lowest BCUT2D eigenvalue weighted by molar-refractivity contribution is 0.288. The van der Waals surface area contributed by atoms with E-state index in [1.807, 2.05) is 12.3 Å². The van der Waals surface area contributed by atoms with Crippen molar-refractivity contribution in [2.75, 3.05) is 18.1 Å². The maximum Gasteiger partial charge on any atom is 0.123 e. The molecule has 0 radical (unpaired) electrons. The second-order valence-electron chi connectivity index (χ2n) is 5.08. The van der Waals surface area contributed by atoms with Crippen molar-refractivity contribution in [1.82, 2.24) is 4.98 Å². The second kappa shape index (κ2) is 6.43. The first-order valence-electron chi connectivity index (χ1n) is 6.98. The number of rotatable bonds is 4. The molecule has 110 valence electrons. The lowest BCUT2D eigenvalue weighted by Gasteiger charge is -2.27. The molecular weight excluding hydrogens is 335 g/mol. The quantitative estimate of drug-likeness (QED) is 0.832. The highest BCUT2D eigenvalue weighted by atomic mass is 79.9. The van der Waals surface area contributed by atoms with Gasteiger partial charge in [0.2, 0.25) is 0 Å². The number of pyridine rings is 1. The summed E-state index contributed by atoms with van der Waals surface area (Å²) in [5.74, 6) is 0.461. The first kappa shape index (κ1) is 14.3. The molecule has 0 N–H and O–H groups in total. The van der Waals surface area contributed by atoms with E-state index in [0.717, 1.165) is 29.5 Å². The van der Waals surface area contributed by atoms with Gasteiger partial charge in [0.05, 0.1) is 16.2 Å². The SMILES string of the molecule is Fc1ccc(OC[C@@H]2CCCN2c2ccncc2Br)cc1. The molecule has 2 heterocycles. The van der Waals surface area contributed by atoms with Gasteiger partial charge in [-0.05, 0) is 59.1 Å². The van der Waals surface area contributed by atoms with Crippen LogP contribution in [0.3, 0.4) is 0 Å². The van der Waals surface area contributed by atoms with Crippen LogP contribution in [0.15, 0.2) is 47.2 Å². The van der Waals surface area contributed by atoms with Gasteiger partial charge < -0.3 is 9.64 Å². The fraction of sp³-hybridized carbons (Fsp3) is 0.312. The van der Waals surface area contributed by atoms with Gasteiger partial charge in [0.1, 0.15) is 18.2 Å². The molecule has 1 atom stereocenters. The smallest absolute Gasteiger partial charge is 0.123 e. The number of anilines is 1. The Morgan fingerprint density at radius 3 is 2.86 bits per heavy atom. The Labute approximate surface area is 131 Å². The average molecular weight is 351 g/mol. The molecule has 1 aliphatic heterocycles. The van der Waals surface area contributed by atoms with E-state index in [2.05, 4.69) is 25.8 Å². The molecule has 0 spiro atoms. The summed E-state index contributed by atoms with van der Waals surface area (Å²) in [5.41, 5.74) is 1.15. The molecule has 1 aromatic heterocycles. The fourth-order valence-electron chi connectivity index (χ4n) is 2.65. The van der Waals surface area contributed by atoms with Crippen molar-refractivity contribution in [3.05, 3.63) is 53.0 Å². The highest BCUT2D eigenvalue weighted by molar-refractivity contribution is 9.10. The van der Waals surface area contributed by atoms with E-state index in [4.69, 9.17) is 4.74 Å². The van der Waals surface area contributed by atoms with Crippen LogP contribution in [0, 0.1) is 5.82 Å². The minimum atomic E-state index is -0.245. The van der Waals surface area contributed by atoms with Crippen LogP contribution in [0.5, 0.6) is 5.75 Å². The third-order valence-electron chi connectivity index (χ3n) is 3.69. The number of hydrogen-bond donors (Lipinski definition) is 0. The van der Waals surface area contributed by atoms with Crippen LogP contribution < -0.4 is 9.64 Å². The number of ether oxygens (including phenoxy) is 1.